The number of amides is 1. The Labute approximate surface area is 163 Å². The molecule has 2 aromatic rings. The second-order valence-corrected chi connectivity index (χ2v) is 7.73. The van der Waals surface area contributed by atoms with Crippen LogP contribution in [0, 0.1) is 11.3 Å². The minimum atomic E-state index is -0.732. The van der Waals surface area contributed by atoms with E-state index in [0.717, 1.165) is 17.4 Å². The molecule has 1 aliphatic carbocycles. The van der Waals surface area contributed by atoms with E-state index in [9.17, 15) is 9.59 Å². The van der Waals surface area contributed by atoms with Gasteiger partial charge in [0.25, 0.3) is 5.91 Å². The molecule has 1 aliphatic rings. The first-order chi connectivity index (χ1) is 13.1. The molecule has 28 heavy (non-hydrogen) atoms. The van der Waals surface area contributed by atoms with Crippen LogP contribution in [-0.2, 0) is 4.74 Å². The normalized spacial score (nSPS) is 14.7. The lowest BCUT2D eigenvalue weighted by Crippen LogP contribution is -2.26. The summed E-state index contributed by atoms with van der Waals surface area (Å²) in [5.41, 5.74) is 5.36. The van der Waals surface area contributed by atoms with Gasteiger partial charge < -0.3 is 15.6 Å². The standard InChI is InChI=1S/C14H14N4O3.C6H12O/c1-14(2,3)21-13(20)18-7-9(12(16)19)11-10(18)5-4-8(6-15)17-11;7-6-4-2-1-3-5-6/h4-5,7H,1-3H3,(H2,16,19);6-7H,1-5H2. The van der Waals surface area contributed by atoms with Crippen molar-refractivity contribution in [2.24, 2.45) is 5.73 Å². The number of aliphatic hydroxyl groups is 1. The number of carbonyl (C=O) groups is 2. The smallest absolute Gasteiger partial charge is 0.419 e. The van der Waals surface area contributed by atoms with E-state index in [4.69, 9.17) is 20.8 Å². The molecule has 8 nitrogen and oxygen atoms in total. The summed E-state index contributed by atoms with van der Waals surface area (Å²) in [7, 11) is 0. The molecule has 2 heterocycles. The maximum atomic E-state index is 12.2. The quantitative estimate of drug-likeness (QED) is 0.774. The Hall–Kier alpha value is -2.92. The second kappa shape index (κ2) is 8.85. The van der Waals surface area contributed by atoms with E-state index >= 15 is 0 Å². The summed E-state index contributed by atoms with van der Waals surface area (Å²) in [5.74, 6) is -0.732. The van der Waals surface area contributed by atoms with Gasteiger partial charge in [0.05, 0.1) is 17.2 Å². The zero-order valence-corrected chi connectivity index (χ0v) is 16.4. The molecule has 0 saturated heterocycles. The average molecular weight is 386 g/mol. The molecule has 8 heteroatoms. The minimum absolute atomic E-state index is 0.0359. The van der Waals surface area contributed by atoms with Crippen LogP contribution in [-0.4, -0.2) is 38.4 Å². The molecule has 0 aromatic carbocycles. The highest BCUT2D eigenvalue weighted by Crippen LogP contribution is 2.21. The van der Waals surface area contributed by atoms with Crippen LogP contribution in [0.4, 0.5) is 4.79 Å². The van der Waals surface area contributed by atoms with Gasteiger partial charge in [0.1, 0.15) is 22.9 Å². The van der Waals surface area contributed by atoms with Gasteiger partial charge in [-0.15, -0.1) is 0 Å². The van der Waals surface area contributed by atoms with Crippen molar-refractivity contribution < 1.29 is 19.4 Å². The van der Waals surface area contributed by atoms with Crippen LogP contribution in [0.2, 0.25) is 0 Å². The predicted octanol–water partition coefficient (Wildman–Crippen LogP) is 3.10. The van der Waals surface area contributed by atoms with Gasteiger partial charge in [-0.1, -0.05) is 19.3 Å². The van der Waals surface area contributed by atoms with E-state index in [2.05, 4.69) is 4.98 Å². The number of nitrogens with two attached hydrogens (primary N) is 1. The number of ether oxygens (including phenoxy) is 1. The molecule has 150 valence electrons. The molecule has 0 radical (unpaired) electrons. The summed E-state index contributed by atoms with van der Waals surface area (Å²) in [6.45, 7) is 5.20. The topological polar surface area (TPSA) is 131 Å². The van der Waals surface area contributed by atoms with Crippen LogP contribution in [0.3, 0.4) is 0 Å². The van der Waals surface area contributed by atoms with Crippen LogP contribution in [0.1, 0.15) is 68.9 Å². The largest absolute Gasteiger partial charge is 0.443 e. The van der Waals surface area contributed by atoms with Crippen LogP contribution in [0.15, 0.2) is 18.3 Å². The van der Waals surface area contributed by atoms with Gasteiger partial charge in [0.15, 0.2) is 0 Å². The molecular weight excluding hydrogens is 360 g/mol. The maximum absolute atomic E-state index is 12.2. The van der Waals surface area contributed by atoms with Crippen LogP contribution < -0.4 is 5.73 Å². The summed E-state index contributed by atoms with van der Waals surface area (Å²) in [4.78, 5) is 27.7. The van der Waals surface area contributed by atoms with Crippen LogP contribution >= 0.6 is 0 Å². The molecule has 0 atom stereocenters. The predicted molar refractivity (Wildman–Crippen MR) is 104 cm³/mol. The fraction of sp³-hybridized carbons (Fsp3) is 0.500. The zero-order valence-electron chi connectivity index (χ0n) is 16.4. The summed E-state index contributed by atoms with van der Waals surface area (Å²) >= 11 is 0. The molecule has 1 saturated carbocycles. The molecular formula is C20H26N4O4. The highest BCUT2D eigenvalue weighted by Gasteiger charge is 2.23. The van der Waals surface area contributed by atoms with Crippen molar-refractivity contribution >= 4 is 23.0 Å². The maximum Gasteiger partial charge on any atom is 0.419 e. The molecule has 2 aromatic heterocycles. The van der Waals surface area contributed by atoms with Crippen LogP contribution in [0.25, 0.3) is 11.0 Å². The number of nitrogens with zero attached hydrogens (tertiary/aromatic N) is 3. The summed E-state index contributed by atoms with van der Waals surface area (Å²) in [6, 6.07) is 4.85. The molecule has 3 N–H and O–H groups in total. The highest BCUT2D eigenvalue weighted by atomic mass is 16.6. The number of primary amides is 1. The van der Waals surface area contributed by atoms with E-state index in [1.165, 1.54) is 37.6 Å². The Morgan fingerprint density at radius 3 is 2.39 bits per heavy atom. The molecule has 1 amide bonds. The Morgan fingerprint density at radius 1 is 1.29 bits per heavy atom. The van der Waals surface area contributed by atoms with Gasteiger partial charge in [-0.3, -0.25) is 9.36 Å². The lowest BCUT2D eigenvalue weighted by molar-refractivity contribution is 0.0544. The van der Waals surface area contributed by atoms with E-state index < -0.39 is 17.6 Å². The van der Waals surface area contributed by atoms with Gasteiger partial charge in [-0.05, 0) is 45.7 Å². The second-order valence-electron chi connectivity index (χ2n) is 7.73. The van der Waals surface area contributed by atoms with Crippen molar-refractivity contribution in [3.63, 3.8) is 0 Å². The summed E-state index contributed by atoms with van der Waals surface area (Å²) in [6.07, 6.45) is 6.55. The third kappa shape index (κ3) is 5.54. The minimum Gasteiger partial charge on any atom is -0.443 e. The first-order valence-corrected chi connectivity index (χ1v) is 9.26. The molecule has 3 rings (SSSR count). The molecule has 0 unspecified atom stereocenters. The SMILES string of the molecule is CC(C)(C)OC(=O)n1cc(C(N)=O)c2nc(C#N)ccc21.OC1CCCCC1. The third-order valence-corrected chi connectivity index (χ3v) is 4.19. The van der Waals surface area contributed by atoms with Gasteiger partial charge in [0, 0.05) is 6.20 Å². The van der Waals surface area contributed by atoms with E-state index in [1.54, 1.807) is 20.8 Å². The van der Waals surface area contributed by atoms with Crippen molar-refractivity contribution in [1.82, 2.24) is 9.55 Å². The first-order valence-electron chi connectivity index (χ1n) is 9.26. The van der Waals surface area contributed by atoms with Gasteiger partial charge in [-0.2, -0.15) is 5.26 Å². The molecule has 0 bridgehead atoms. The Kier molecular flexibility index (Phi) is 6.75. The summed E-state index contributed by atoms with van der Waals surface area (Å²) in [5, 5.41) is 17.8. The van der Waals surface area contributed by atoms with E-state index in [0.29, 0.717) is 5.52 Å². The van der Waals surface area contributed by atoms with Crippen molar-refractivity contribution in [3.8, 4) is 6.07 Å². The lowest BCUT2D eigenvalue weighted by atomic mass is 9.98. The molecule has 1 fully saturated rings. The van der Waals surface area contributed by atoms with Crippen molar-refractivity contribution in [3.05, 3.63) is 29.6 Å². The van der Waals surface area contributed by atoms with E-state index in [1.807, 2.05) is 6.07 Å². The van der Waals surface area contributed by atoms with Gasteiger partial charge >= 0.3 is 6.09 Å². The average Bonchev–Trinajstić information content (AvgIpc) is 3.00. The number of nitriles is 1. The summed E-state index contributed by atoms with van der Waals surface area (Å²) < 4.78 is 6.42. The number of rotatable bonds is 1. The Balaban J connectivity index is 0.000000336. The van der Waals surface area contributed by atoms with Gasteiger partial charge in [0.2, 0.25) is 0 Å². The van der Waals surface area contributed by atoms with Gasteiger partial charge in [-0.25, -0.2) is 9.78 Å². The molecule has 0 aliphatic heterocycles. The third-order valence-electron chi connectivity index (χ3n) is 4.19. The highest BCUT2D eigenvalue weighted by molar-refractivity contribution is 6.06. The van der Waals surface area contributed by atoms with Crippen molar-refractivity contribution in [2.75, 3.05) is 0 Å². The number of fused-ring (bicyclic) bond motifs is 1. The van der Waals surface area contributed by atoms with E-state index in [-0.39, 0.29) is 22.9 Å². The number of pyridine rings is 1. The van der Waals surface area contributed by atoms with Crippen LogP contribution in [0.5, 0.6) is 0 Å². The fourth-order valence-electron chi connectivity index (χ4n) is 2.89. The lowest BCUT2D eigenvalue weighted by Gasteiger charge is -2.19. The number of aromatic nitrogens is 2. The van der Waals surface area contributed by atoms with Crippen molar-refractivity contribution in [2.45, 2.75) is 64.6 Å². The number of hydrogen-bond donors (Lipinski definition) is 2. The van der Waals surface area contributed by atoms with Crippen molar-refractivity contribution in [1.29, 1.82) is 5.26 Å². The Bertz CT molecular complexity index is 899. The molecule has 0 spiro atoms. The first kappa shape index (κ1) is 21.4. The number of carbonyl (C=O) groups excluding carboxylic acids is 2. The fourth-order valence-corrected chi connectivity index (χ4v) is 2.89. The number of hydrogen-bond acceptors (Lipinski definition) is 6. The number of aliphatic hydroxyl groups excluding tert-OH is 1. The zero-order chi connectivity index (χ0) is 20.9. The monoisotopic (exact) mass is 386 g/mol. The Morgan fingerprint density at radius 2 is 1.93 bits per heavy atom.